The Labute approximate surface area is 126 Å². The van der Waals surface area contributed by atoms with Crippen LogP contribution in [0.4, 0.5) is 11.4 Å². The average Bonchev–Trinajstić information content (AvgIpc) is 2.45. The second kappa shape index (κ2) is 6.42. The van der Waals surface area contributed by atoms with Crippen LogP contribution < -0.4 is 11.1 Å². The molecule has 0 aliphatic heterocycles. The summed E-state index contributed by atoms with van der Waals surface area (Å²) in [5, 5.41) is 22.3. The Balaban J connectivity index is 2.07. The van der Waals surface area contributed by atoms with Crippen molar-refractivity contribution in [2.45, 2.75) is 6.10 Å². The SMILES string of the molecule is N#Cc1c(Br)cccc1NCC(O)c1ccc(N)cc1. The minimum Gasteiger partial charge on any atom is -0.399 e. The normalized spacial score (nSPS) is 11.7. The molecule has 102 valence electrons. The predicted molar refractivity (Wildman–Crippen MR) is 83.2 cm³/mol. The number of nitrogens with two attached hydrogens (primary N) is 1. The number of nitrogen functional groups attached to an aromatic ring is 1. The summed E-state index contributed by atoms with van der Waals surface area (Å²) in [6, 6.07) is 14.6. The van der Waals surface area contributed by atoms with Gasteiger partial charge in [-0.25, -0.2) is 0 Å². The van der Waals surface area contributed by atoms with Crippen LogP contribution in [-0.4, -0.2) is 11.7 Å². The lowest BCUT2D eigenvalue weighted by Gasteiger charge is -2.14. The van der Waals surface area contributed by atoms with Crippen molar-refractivity contribution in [2.75, 3.05) is 17.6 Å². The smallest absolute Gasteiger partial charge is 0.103 e. The van der Waals surface area contributed by atoms with Crippen LogP contribution in [0.15, 0.2) is 46.9 Å². The second-order valence-electron chi connectivity index (χ2n) is 4.34. The van der Waals surface area contributed by atoms with Gasteiger partial charge in [-0.3, -0.25) is 0 Å². The van der Waals surface area contributed by atoms with Gasteiger partial charge in [0.1, 0.15) is 6.07 Å². The van der Waals surface area contributed by atoms with E-state index >= 15 is 0 Å². The van der Waals surface area contributed by atoms with Crippen LogP contribution in [-0.2, 0) is 0 Å². The number of nitrogens with one attached hydrogen (secondary N) is 1. The van der Waals surface area contributed by atoms with E-state index in [4.69, 9.17) is 11.0 Å². The van der Waals surface area contributed by atoms with Gasteiger partial charge < -0.3 is 16.2 Å². The van der Waals surface area contributed by atoms with Crippen LogP contribution >= 0.6 is 15.9 Å². The minimum atomic E-state index is -0.666. The zero-order chi connectivity index (χ0) is 14.5. The highest BCUT2D eigenvalue weighted by Crippen LogP contribution is 2.24. The summed E-state index contributed by atoms with van der Waals surface area (Å²) in [6.45, 7) is 0.315. The van der Waals surface area contributed by atoms with Gasteiger partial charge in [-0.2, -0.15) is 5.26 Å². The molecule has 4 nitrogen and oxygen atoms in total. The largest absolute Gasteiger partial charge is 0.399 e. The first kappa shape index (κ1) is 14.4. The fourth-order valence-electron chi connectivity index (χ4n) is 1.83. The topological polar surface area (TPSA) is 82.1 Å². The first-order valence-corrected chi connectivity index (χ1v) is 6.87. The highest BCUT2D eigenvalue weighted by atomic mass is 79.9. The maximum atomic E-state index is 10.1. The molecule has 0 aromatic heterocycles. The van der Waals surface area contributed by atoms with Crippen LogP contribution in [0.5, 0.6) is 0 Å². The Morgan fingerprint density at radius 1 is 1.25 bits per heavy atom. The van der Waals surface area contributed by atoms with Crippen LogP contribution in [0, 0.1) is 11.3 Å². The van der Waals surface area contributed by atoms with Gasteiger partial charge >= 0.3 is 0 Å². The van der Waals surface area contributed by atoms with Crippen LogP contribution in [0.1, 0.15) is 17.2 Å². The Kier molecular flexibility index (Phi) is 4.61. The molecular formula is C15H14BrN3O. The van der Waals surface area contributed by atoms with Crippen molar-refractivity contribution >= 4 is 27.3 Å². The van der Waals surface area contributed by atoms with Crippen LogP contribution in [0.25, 0.3) is 0 Å². The van der Waals surface area contributed by atoms with E-state index < -0.39 is 6.10 Å². The number of hydrogen-bond donors (Lipinski definition) is 3. The molecule has 0 amide bonds. The van der Waals surface area contributed by atoms with Gasteiger partial charge in [-0.1, -0.05) is 18.2 Å². The molecule has 2 rings (SSSR count). The summed E-state index contributed by atoms with van der Waals surface area (Å²) in [4.78, 5) is 0. The number of halogens is 1. The van der Waals surface area contributed by atoms with E-state index in [0.717, 1.165) is 10.0 Å². The molecule has 2 aromatic rings. The fourth-order valence-corrected chi connectivity index (χ4v) is 2.28. The molecule has 4 N–H and O–H groups in total. The van der Waals surface area contributed by atoms with E-state index in [2.05, 4.69) is 27.3 Å². The number of anilines is 2. The molecule has 0 aliphatic carbocycles. The van der Waals surface area contributed by atoms with E-state index in [1.807, 2.05) is 6.07 Å². The molecule has 20 heavy (non-hydrogen) atoms. The van der Waals surface area contributed by atoms with E-state index in [-0.39, 0.29) is 0 Å². The Morgan fingerprint density at radius 2 is 1.95 bits per heavy atom. The molecule has 0 saturated heterocycles. The quantitative estimate of drug-likeness (QED) is 0.752. The van der Waals surface area contributed by atoms with Gasteiger partial charge in [0.25, 0.3) is 0 Å². The Morgan fingerprint density at radius 3 is 2.60 bits per heavy atom. The summed E-state index contributed by atoms with van der Waals surface area (Å²) >= 11 is 3.33. The molecule has 0 fully saturated rings. The third-order valence-electron chi connectivity index (χ3n) is 2.93. The lowest BCUT2D eigenvalue weighted by molar-refractivity contribution is 0.191. The van der Waals surface area contributed by atoms with Gasteiger partial charge in [-0.15, -0.1) is 0 Å². The van der Waals surface area contributed by atoms with Crippen molar-refractivity contribution in [1.82, 2.24) is 0 Å². The second-order valence-corrected chi connectivity index (χ2v) is 5.19. The van der Waals surface area contributed by atoms with Crippen LogP contribution in [0.3, 0.4) is 0 Å². The number of hydrogen-bond acceptors (Lipinski definition) is 4. The average molecular weight is 332 g/mol. The zero-order valence-corrected chi connectivity index (χ0v) is 12.3. The highest BCUT2D eigenvalue weighted by molar-refractivity contribution is 9.10. The van der Waals surface area contributed by atoms with Gasteiger partial charge in [0.15, 0.2) is 0 Å². The summed E-state index contributed by atoms with van der Waals surface area (Å²) in [5.41, 5.74) is 8.26. The first-order chi connectivity index (χ1) is 9.61. The van der Waals surface area contributed by atoms with Gasteiger partial charge in [0, 0.05) is 16.7 Å². The molecule has 2 aromatic carbocycles. The maximum Gasteiger partial charge on any atom is 0.103 e. The first-order valence-electron chi connectivity index (χ1n) is 6.08. The number of benzene rings is 2. The minimum absolute atomic E-state index is 0.315. The predicted octanol–water partition coefficient (Wildman–Crippen LogP) is 3.05. The molecule has 1 unspecified atom stereocenters. The molecule has 0 radical (unpaired) electrons. The lowest BCUT2D eigenvalue weighted by Crippen LogP contribution is -2.13. The standard InChI is InChI=1S/C15H14BrN3O/c16-13-2-1-3-14(12(13)8-17)19-9-15(20)10-4-6-11(18)7-5-10/h1-7,15,19-20H,9,18H2. The number of nitriles is 1. The third-order valence-corrected chi connectivity index (χ3v) is 3.59. The van der Waals surface area contributed by atoms with E-state index in [0.29, 0.717) is 23.5 Å². The molecule has 0 bridgehead atoms. The van der Waals surface area contributed by atoms with E-state index in [1.165, 1.54) is 0 Å². The molecule has 0 heterocycles. The zero-order valence-electron chi connectivity index (χ0n) is 10.7. The van der Waals surface area contributed by atoms with Crippen molar-refractivity contribution in [3.63, 3.8) is 0 Å². The van der Waals surface area contributed by atoms with Crippen molar-refractivity contribution < 1.29 is 5.11 Å². The van der Waals surface area contributed by atoms with Crippen molar-refractivity contribution in [1.29, 1.82) is 5.26 Å². The lowest BCUT2D eigenvalue weighted by atomic mass is 10.1. The number of aliphatic hydroxyl groups excluding tert-OH is 1. The van der Waals surface area contributed by atoms with Crippen LogP contribution in [0.2, 0.25) is 0 Å². The van der Waals surface area contributed by atoms with Crippen molar-refractivity contribution in [3.8, 4) is 6.07 Å². The summed E-state index contributed by atoms with van der Waals surface area (Å²) in [6.07, 6.45) is -0.666. The maximum absolute atomic E-state index is 10.1. The van der Waals surface area contributed by atoms with Crippen molar-refractivity contribution in [2.24, 2.45) is 0 Å². The fraction of sp³-hybridized carbons (Fsp3) is 0.133. The molecule has 0 spiro atoms. The highest BCUT2D eigenvalue weighted by Gasteiger charge is 2.10. The van der Waals surface area contributed by atoms with E-state index in [1.54, 1.807) is 36.4 Å². The molecule has 0 aliphatic rings. The summed E-state index contributed by atoms with van der Waals surface area (Å²) in [5.74, 6) is 0. The van der Waals surface area contributed by atoms with Gasteiger partial charge in [-0.05, 0) is 45.8 Å². The summed E-state index contributed by atoms with van der Waals surface area (Å²) in [7, 11) is 0. The molecule has 0 saturated carbocycles. The molecule has 5 heteroatoms. The third kappa shape index (κ3) is 3.29. The molecular weight excluding hydrogens is 318 g/mol. The van der Waals surface area contributed by atoms with Gasteiger partial charge in [0.05, 0.1) is 17.4 Å². The summed E-state index contributed by atoms with van der Waals surface area (Å²) < 4.78 is 0.729. The van der Waals surface area contributed by atoms with E-state index in [9.17, 15) is 5.11 Å². The van der Waals surface area contributed by atoms with Gasteiger partial charge in [0.2, 0.25) is 0 Å². The monoisotopic (exact) mass is 331 g/mol. The molecule has 1 atom stereocenters. The number of nitrogens with zero attached hydrogens (tertiary/aromatic N) is 1. The Hall–Kier alpha value is -2.03. The number of aliphatic hydroxyl groups is 1. The number of rotatable bonds is 4. The Bertz CT molecular complexity index is 635. The van der Waals surface area contributed by atoms with Crippen molar-refractivity contribution in [3.05, 3.63) is 58.1 Å².